The Labute approximate surface area is 82.5 Å². The van der Waals surface area contributed by atoms with Gasteiger partial charge in [0.05, 0.1) is 6.10 Å². The molecule has 0 bridgehead atoms. The van der Waals surface area contributed by atoms with Crippen LogP contribution in [0, 0.1) is 23.7 Å². The van der Waals surface area contributed by atoms with Crippen molar-refractivity contribution in [2.45, 2.75) is 53.1 Å². The highest BCUT2D eigenvalue weighted by Crippen LogP contribution is 2.39. The third kappa shape index (κ3) is 2.98. The molecule has 0 aromatic carbocycles. The molecule has 0 saturated heterocycles. The lowest BCUT2D eigenvalue weighted by atomic mass is 9.68. The molecule has 0 radical (unpaired) electrons. The highest BCUT2D eigenvalue weighted by atomic mass is 16.3. The first-order valence-corrected chi connectivity index (χ1v) is 5.68. The van der Waals surface area contributed by atoms with E-state index in [1.807, 2.05) is 6.92 Å². The van der Waals surface area contributed by atoms with Gasteiger partial charge in [-0.25, -0.2) is 0 Å². The molecular weight excluding hydrogens is 160 g/mol. The van der Waals surface area contributed by atoms with Crippen LogP contribution in [0.2, 0.25) is 0 Å². The van der Waals surface area contributed by atoms with Crippen LogP contribution in [0.3, 0.4) is 0 Å². The SMILES string of the molecule is CC(O)CC1C(C)CC(C)CC1C. The second-order valence-corrected chi connectivity index (χ2v) is 5.28. The van der Waals surface area contributed by atoms with Crippen LogP contribution >= 0.6 is 0 Å². The van der Waals surface area contributed by atoms with Crippen molar-refractivity contribution in [2.24, 2.45) is 23.7 Å². The van der Waals surface area contributed by atoms with Gasteiger partial charge in [0.1, 0.15) is 0 Å². The molecule has 1 aliphatic carbocycles. The van der Waals surface area contributed by atoms with Crippen LogP contribution in [0.4, 0.5) is 0 Å². The van der Waals surface area contributed by atoms with E-state index in [1.54, 1.807) is 0 Å². The minimum Gasteiger partial charge on any atom is -0.393 e. The third-order valence-corrected chi connectivity index (χ3v) is 3.62. The summed E-state index contributed by atoms with van der Waals surface area (Å²) in [5.74, 6) is 3.23. The maximum absolute atomic E-state index is 9.41. The predicted octanol–water partition coefficient (Wildman–Crippen LogP) is 3.08. The third-order valence-electron chi connectivity index (χ3n) is 3.62. The lowest BCUT2D eigenvalue weighted by Crippen LogP contribution is -2.31. The lowest BCUT2D eigenvalue weighted by Gasteiger charge is -2.38. The molecule has 0 aliphatic heterocycles. The van der Waals surface area contributed by atoms with Gasteiger partial charge in [0, 0.05) is 0 Å². The van der Waals surface area contributed by atoms with Gasteiger partial charge in [0.2, 0.25) is 0 Å². The van der Waals surface area contributed by atoms with Gasteiger partial charge in [-0.2, -0.15) is 0 Å². The Balaban J connectivity index is 2.51. The molecule has 0 aromatic rings. The summed E-state index contributed by atoms with van der Waals surface area (Å²) >= 11 is 0. The van der Waals surface area contributed by atoms with Crippen molar-refractivity contribution in [1.82, 2.24) is 0 Å². The van der Waals surface area contributed by atoms with Crippen LogP contribution in [0.1, 0.15) is 47.0 Å². The fourth-order valence-electron chi connectivity index (χ4n) is 3.13. The molecule has 0 heterocycles. The van der Waals surface area contributed by atoms with E-state index in [4.69, 9.17) is 0 Å². The summed E-state index contributed by atoms with van der Waals surface area (Å²) in [5.41, 5.74) is 0. The first-order chi connectivity index (χ1) is 6.00. The predicted molar refractivity (Wildman–Crippen MR) is 56.5 cm³/mol. The topological polar surface area (TPSA) is 20.2 Å². The average Bonchev–Trinajstić information content (AvgIpc) is 1.96. The second kappa shape index (κ2) is 4.45. The van der Waals surface area contributed by atoms with Crippen LogP contribution in [0.25, 0.3) is 0 Å². The van der Waals surface area contributed by atoms with E-state index in [1.165, 1.54) is 12.8 Å². The maximum Gasteiger partial charge on any atom is 0.0515 e. The van der Waals surface area contributed by atoms with Crippen molar-refractivity contribution in [3.05, 3.63) is 0 Å². The normalized spacial score (nSPS) is 43.2. The summed E-state index contributed by atoms with van der Waals surface area (Å²) in [5, 5.41) is 9.41. The molecule has 0 spiro atoms. The molecule has 0 aromatic heterocycles. The van der Waals surface area contributed by atoms with Crippen LogP contribution in [-0.4, -0.2) is 11.2 Å². The molecule has 1 N–H and O–H groups in total. The summed E-state index contributed by atoms with van der Waals surface area (Å²) < 4.78 is 0. The molecule has 1 rings (SSSR count). The minimum absolute atomic E-state index is 0.122. The second-order valence-electron chi connectivity index (χ2n) is 5.28. The zero-order valence-electron chi connectivity index (χ0n) is 9.46. The van der Waals surface area contributed by atoms with E-state index in [9.17, 15) is 5.11 Å². The highest BCUT2D eigenvalue weighted by Gasteiger charge is 2.31. The van der Waals surface area contributed by atoms with Gasteiger partial charge < -0.3 is 5.11 Å². The van der Waals surface area contributed by atoms with Gasteiger partial charge in [-0.1, -0.05) is 20.8 Å². The number of hydrogen-bond donors (Lipinski definition) is 1. The van der Waals surface area contributed by atoms with E-state index >= 15 is 0 Å². The molecule has 1 heteroatoms. The summed E-state index contributed by atoms with van der Waals surface area (Å²) in [6.45, 7) is 8.96. The Morgan fingerprint density at radius 1 is 1.15 bits per heavy atom. The number of rotatable bonds is 2. The summed E-state index contributed by atoms with van der Waals surface area (Å²) in [6.07, 6.45) is 3.57. The van der Waals surface area contributed by atoms with Gasteiger partial charge in [-0.15, -0.1) is 0 Å². The van der Waals surface area contributed by atoms with Crippen molar-refractivity contribution >= 4 is 0 Å². The van der Waals surface area contributed by atoms with Crippen molar-refractivity contribution < 1.29 is 5.11 Å². The first kappa shape index (κ1) is 11.0. The molecule has 3 unspecified atom stereocenters. The number of aliphatic hydroxyl groups excluding tert-OH is 1. The van der Waals surface area contributed by atoms with Crippen LogP contribution in [0.15, 0.2) is 0 Å². The van der Waals surface area contributed by atoms with Crippen molar-refractivity contribution in [3.8, 4) is 0 Å². The smallest absolute Gasteiger partial charge is 0.0515 e. The molecular formula is C12H24O. The molecule has 78 valence electrons. The molecule has 1 nitrogen and oxygen atoms in total. The fourth-order valence-corrected chi connectivity index (χ4v) is 3.13. The molecule has 1 fully saturated rings. The minimum atomic E-state index is -0.122. The Morgan fingerprint density at radius 2 is 1.62 bits per heavy atom. The maximum atomic E-state index is 9.41. The van der Waals surface area contributed by atoms with Gasteiger partial charge >= 0.3 is 0 Å². The zero-order valence-corrected chi connectivity index (χ0v) is 9.46. The Morgan fingerprint density at radius 3 is 2.00 bits per heavy atom. The molecule has 3 atom stereocenters. The molecule has 13 heavy (non-hydrogen) atoms. The first-order valence-electron chi connectivity index (χ1n) is 5.68. The van der Waals surface area contributed by atoms with Gasteiger partial charge in [-0.05, 0) is 49.9 Å². The van der Waals surface area contributed by atoms with Crippen molar-refractivity contribution in [1.29, 1.82) is 0 Å². The quantitative estimate of drug-likeness (QED) is 0.699. The van der Waals surface area contributed by atoms with E-state index in [0.717, 1.165) is 30.1 Å². The number of aliphatic hydroxyl groups is 1. The fraction of sp³-hybridized carbons (Fsp3) is 1.00. The van der Waals surface area contributed by atoms with Crippen molar-refractivity contribution in [2.75, 3.05) is 0 Å². The summed E-state index contributed by atoms with van der Waals surface area (Å²) in [7, 11) is 0. The van der Waals surface area contributed by atoms with E-state index in [-0.39, 0.29) is 6.10 Å². The van der Waals surface area contributed by atoms with E-state index in [2.05, 4.69) is 20.8 Å². The average molecular weight is 184 g/mol. The molecule has 1 saturated carbocycles. The van der Waals surface area contributed by atoms with Crippen molar-refractivity contribution in [3.63, 3.8) is 0 Å². The number of hydrogen-bond acceptors (Lipinski definition) is 1. The van der Waals surface area contributed by atoms with Crippen LogP contribution in [0.5, 0.6) is 0 Å². The molecule has 1 aliphatic rings. The van der Waals surface area contributed by atoms with Gasteiger partial charge in [0.25, 0.3) is 0 Å². The standard InChI is InChI=1S/C12H24O/c1-8-5-9(2)12(7-11(4)13)10(3)6-8/h8-13H,5-7H2,1-4H3. The summed E-state index contributed by atoms with van der Waals surface area (Å²) in [4.78, 5) is 0. The Kier molecular flexibility index (Phi) is 3.78. The highest BCUT2D eigenvalue weighted by molar-refractivity contribution is 4.81. The summed E-state index contributed by atoms with van der Waals surface area (Å²) in [6, 6.07) is 0. The molecule has 0 amide bonds. The zero-order chi connectivity index (χ0) is 10.0. The van der Waals surface area contributed by atoms with Gasteiger partial charge in [-0.3, -0.25) is 0 Å². The monoisotopic (exact) mass is 184 g/mol. The van der Waals surface area contributed by atoms with Crippen LogP contribution in [-0.2, 0) is 0 Å². The van der Waals surface area contributed by atoms with Crippen LogP contribution < -0.4 is 0 Å². The Bertz CT molecular complexity index is 141. The van der Waals surface area contributed by atoms with E-state index < -0.39 is 0 Å². The largest absolute Gasteiger partial charge is 0.393 e. The lowest BCUT2D eigenvalue weighted by molar-refractivity contribution is 0.0731. The Hall–Kier alpha value is -0.0400. The van der Waals surface area contributed by atoms with E-state index in [0.29, 0.717) is 0 Å². The van der Waals surface area contributed by atoms with Gasteiger partial charge in [0.15, 0.2) is 0 Å².